The van der Waals surface area contributed by atoms with E-state index in [-0.39, 0.29) is 30.7 Å². The lowest BCUT2D eigenvalue weighted by atomic mass is 10.1. The second-order valence-corrected chi connectivity index (χ2v) is 4.70. The SMILES string of the molecule is CCCN(CC)CCNC(=O)Cc1ccc(N)cc1.Cl.Cl. The number of hydrogen-bond donors (Lipinski definition) is 2. The van der Waals surface area contributed by atoms with Gasteiger partial charge in [-0.25, -0.2) is 0 Å². The first-order chi connectivity index (χ1) is 9.15. The van der Waals surface area contributed by atoms with Gasteiger partial charge in [-0.15, -0.1) is 24.8 Å². The summed E-state index contributed by atoms with van der Waals surface area (Å²) in [6.07, 6.45) is 1.56. The molecule has 0 aliphatic heterocycles. The number of benzene rings is 1. The lowest BCUT2D eigenvalue weighted by Crippen LogP contribution is -2.35. The van der Waals surface area contributed by atoms with Gasteiger partial charge in [0.1, 0.15) is 0 Å². The smallest absolute Gasteiger partial charge is 0.224 e. The summed E-state index contributed by atoms with van der Waals surface area (Å²) in [6, 6.07) is 7.43. The number of nitrogens with zero attached hydrogens (tertiary/aromatic N) is 1. The van der Waals surface area contributed by atoms with Crippen LogP contribution >= 0.6 is 24.8 Å². The molecule has 4 nitrogen and oxygen atoms in total. The van der Waals surface area contributed by atoms with E-state index in [9.17, 15) is 4.79 Å². The second-order valence-electron chi connectivity index (χ2n) is 4.70. The third-order valence-corrected chi connectivity index (χ3v) is 3.08. The van der Waals surface area contributed by atoms with Gasteiger partial charge in [-0.05, 0) is 37.2 Å². The van der Waals surface area contributed by atoms with Gasteiger partial charge in [0.25, 0.3) is 0 Å². The van der Waals surface area contributed by atoms with E-state index in [4.69, 9.17) is 5.73 Å². The molecule has 3 N–H and O–H groups in total. The third-order valence-electron chi connectivity index (χ3n) is 3.08. The first-order valence-electron chi connectivity index (χ1n) is 6.99. The average Bonchev–Trinajstić information content (AvgIpc) is 2.40. The maximum Gasteiger partial charge on any atom is 0.224 e. The zero-order valence-corrected chi connectivity index (χ0v) is 14.4. The predicted molar refractivity (Wildman–Crippen MR) is 94.5 cm³/mol. The van der Waals surface area contributed by atoms with Crippen molar-refractivity contribution in [3.63, 3.8) is 0 Å². The van der Waals surface area contributed by atoms with Gasteiger partial charge in [0, 0.05) is 18.8 Å². The zero-order valence-electron chi connectivity index (χ0n) is 12.8. The maximum absolute atomic E-state index is 11.8. The lowest BCUT2D eigenvalue weighted by Gasteiger charge is -2.19. The molecule has 0 bridgehead atoms. The number of rotatable bonds is 8. The minimum atomic E-state index is 0. The Morgan fingerprint density at radius 2 is 1.76 bits per heavy atom. The summed E-state index contributed by atoms with van der Waals surface area (Å²) in [7, 11) is 0. The van der Waals surface area contributed by atoms with Gasteiger partial charge in [0.2, 0.25) is 5.91 Å². The summed E-state index contributed by atoms with van der Waals surface area (Å²) in [5.41, 5.74) is 7.33. The molecule has 0 fully saturated rings. The molecule has 0 heterocycles. The summed E-state index contributed by atoms with van der Waals surface area (Å²) < 4.78 is 0. The van der Waals surface area contributed by atoms with Crippen LogP contribution in [0.5, 0.6) is 0 Å². The summed E-state index contributed by atoms with van der Waals surface area (Å²) >= 11 is 0. The molecule has 122 valence electrons. The Bertz CT molecular complexity index is 385. The molecule has 0 atom stereocenters. The quantitative estimate of drug-likeness (QED) is 0.717. The van der Waals surface area contributed by atoms with Crippen LogP contribution in [0.15, 0.2) is 24.3 Å². The van der Waals surface area contributed by atoms with Crippen molar-refractivity contribution in [3.05, 3.63) is 29.8 Å². The molecule has 0 radical (unpaired) electrons. The van der Waals surface area contributed by atoms with Crippen LogP contribution in [0.25, 0.3) is 0 Å². The molecule has 0 unspecified atom stereocenters. The first kappa shape index (κ1) is 22.3. The molecule has 21 heavy (non-hydrogen) atoms. The van der Waals surface area contributed by atoms with Crippen LogP contribution < -0.4 is 11.1 Å². The van der Waals surface area contributed by atoms with Gasteiger partial charge >= 0.3 is 0 Å². The highest BCUT2D eigenvalue weighted by Gasteiger charge is 2.04. The molecule has 1 aromatic carbocycles. The highest BCUT2D eigenvalue weighted by molar-refractivity contribution is 5.85. The molecule has 0 aliphatic rings. The Morgan fingerprint density at radius 1 is 1.14 bits per heavy atom. The summed E-state index contributed by atoms with van der Waals surface area (Å²) in [5, 5.41) is 2.96. The average molecular weight is 336 g/mol. The van der Waals surface area contributed by atoms with Crippen molar-refractivity contribution < 1.29 is 4.79 Å². The van der Waals surface area contributed by atoms with E-state index in [0.717, 1.165) is 37.3 Å². The van der Waals surface area contributed by atoms with E-state index in [1.807, 2.05) is 24.3 Å². The van der Waals surface area contributed by atoms with Crippen LogP contribution in [0.4, 0.5) is 5.69 Å². The highest BCUT2D eigenvalue weighted by Crippen LogP contribution is 2.05. The Hall–Kier alpha value is -0.970. The van der Waals surface area contributed by atoms with E-state index < -0.39 is 0 Å². The molecule has 1 rings (SSSR count). The molecule has 0 aromatic heterocycles. The van der Waals surface area contributed by atoms with Crippen LogP contribution in [0.2, 0.25) is 0 Å². The normalized spacial score (nSPS) is 9.67. The minimum absolute atomic E-state index is 0. The van der Waals surface area contributed by atoms with Gasteiger partial charge in [0.15, 0.2) is 0 Å². The molecule has 0 aliphatic carbocycles. The van der Waals surface area contributed by atoms with E-state index in [0.29, 0.717) is 13.0 Å². The highest BCUT2D eigenvalue weighted by atomic mass is 35.5. The number of anilines is 1. The molecule has 1 aromatic rings. The Kier molecular flexibility index (Phi) is 13.5. The number of nitrogens with one attached hydrogen (secondary N) is 1. The summed E-state index contributed by atoms with van der Waals surface area (Å²) in [4.78, 5) is 14.1. The largest absolute Gasteiger partial charge is 0.399 e. The Morgan fingerprint density at radius 3 is 2.29 bits per heavy atom. The van der Waals surface area contributed by atoms with Crippen molar-refractivity contribution in [1.29, 1.82) is 0 Å². The fourth-order valence-corrected chi connectivity index (χ4v) is 1.98. The number of carbonyl (C=O) groups excluding carboxylic acids is 1. The summed E-state index contributed by atoms with van der Waals surface area (Å²) in [5.74, 6) is 0.0670. The first-order valence-corrected chi connectivity index (χ1v) is 6.99. The van der Waals surface area contributed by atoms with Crippen molar-refractivity contribution >= 4 is 36.4 Å². The van der Waals surface area contributed by atoms with Gasteiger partial charge < -0.3 is 16.0 Å². The van der Waals surface area contributed by atoms with Crippen molar-refractivity contribution in [2.24, 2.45) is 0 Å². The molecule has 0 saturated carbocycles. The van der Waals surface area contributed by atoms with Crippen LogP contribution in [0.1, 0.15) is 25.8 Å². The number of nitrogen functional groups attached to an aromatic ring is 1. The Balaban J connectivity index is 0. The van der Waals surface area contributed by atoms with Gasteiger partial charge in [-0.2, -0.15) is 0 Å². The number of likely N-dealkylation sites (N-methyl/N-ethyl adjacent to an activating group) is 1. The standard InChI is InChI=1S/C15H25N3O.2ClH/c1-3-10-18(4-2)11-9-17-15(19)12-13-5-7-14(16)8-6-13;;/h5-8H,3-4,9-12,16H2,1-2H3,(H,17,19);2*1H. The maximum atomic E-state index is 11.8. The van der Waals surface area contributed by atoms with Crippen LogP contribution in [0.3, 0.4) is 0 Å². The topological polar surface area (TPSA) is 58.4 Å². The van der Waals surface area contributed by atoms with E-state index in [1.165, 1.54) is 0 Å². The van der Waals surface area contributed by atoms with Crippen molar-refractivity contribution in [2.75, 3.05) is 31.9 Å². The fraction of sp³-hybridized carbons (Fsp3) is 0.533. The lowest BCUT2D eigenvalue weighted by molar-refractivity contribution is -0.120. The van der Waals surface area contributed by atoms with Crippen molar-refractivity contribution in [1.82, 2.24) is 10.2 Å². The molecular formula is C15H27Cl2N3O. The van der Waals surface area contributed by atoms with Gasteiger partial charge in [0.05, 0.1) is 6.42 Å². The molecule has 6 heteroatoms. The number of amides is 1. The molecule has 0 saturated heterocycles. The van der Waals surface area contributed by atoms with Crippen LogP contribution in [-0.2, 0) is 11.2 Å². The van der Waals surface area contributed by atoms with E-state index >= 15 is 0 Å². The number of halogens is 2. The second kappa shape index (κ2) is 12.7. The zero-order chi connectivity index (χ0) is 14.1. The Labute approximate surface area is 140 Å². The van der Waals surface area contributed by atoms with Crippen molar-refractivity contribution in [2.45, 2.75) is 26.7 Å². The van der Waals surface area contributed by atoms with E-state index in [1.54, 1.807) is 0 Å². The third kappa shape index (κ3) is 9.56. The van der Waals surface area contributed by atoms with Crippen LogP contribution in [0, 0.1) is 0 Å². The number of carbonyl (C=O) groups is 1. The van der Waals surface area contributed by atoms with Crippen molar-refractivity contribution in [3.8, 4) is 0 Å². The fourth-order valence-electron chi connectivity index (χ4n) is 1.98. The molecule has 1 amide bonds. The van der Waals surface area contributed by atoms with E-state index in [2.05, 4.69) is 24.1 Å². The van der Waals surface area contributed by atoms with Gasteiger partial charge in [-0.1, -0.05) is 26.0 Å². The minimum Gasteiger partial charge on any atom is -0.399 e. The van der Waals surface area contributed by atoms with Crippen LogP contribution in [-0.4, -0.2) is 37.0 Å². The van der Waals surface area contributed by atoms with Gasteiger partial charge in [-0.3, -0.25) is 4.79 Å². The number of hydrogen-bond acceptors (Lipinski definition) is 3. The molecular weight excluding hydrogens is 309 g/mol. The number of nitrogens with two attached hydrogens (primary N) is 1. The predicted octanol–water partition coefficient (Wildman–Crippen LogP) is 2.50. The molecule has 0 spiro atoms. The monoisotopic (exact) mass is 335 g/mol. The summed E-state index contributed by atoms with van der Waals surface area (Å²) in [6.45, 7) is 8.06.